The molecule has 0 aromatic carbocycles. The molecule has 1 atom stereocenters. The third-order valence-electron chi connectivity index (χ3n) is 3.96. The summed E-state index contributed by atoms with van der Waals surface area (Å²) in [5, 5.41) is 0. The maximum atomic E-state index is 12.0. The third-order valence-corrected chi connectivity index (χ3v) is 3.96. The van der Waals surface area contributed by atoms with Gasteiger partial charge in [0.05, 0.1) is 6.04 Å². The first-order valence-corrected chi connectivity index (χ1v) is 6.50. The molecule has 2 rings (SSSR count). The molecule has 4 heteroatoms. The summed E-state index contributed by atoms with van der Waals surface area (Å²) >= 11 is 0. The fraction of sp³-hybridized carbons (Fsp3) is 0.917. The molecule has 92 valence electrons. The third kappa shape index (κ3) is 2.38. The number of rotatable bonds is 2. The first kappa shape index (κ1) is 11.9. The molecule has 2 heterocycles. The van der Waals surface area contributed by atoms with Crippen molar-refractivity contribution in [3.05, 3.63) is 0 Å². The van der Waals surface area contributed by atoms with Crippen molar-refractivity contribution in [1.29, 1.82) is 0 Å². The summed E-state index contributed by atoms with van der Waals surface area (Å²) in [7, 11) is 0. The van der Waals surface area contributed by atoms with E-state index in [2.05, 4.69) is 11.8 Å². The van der Waals surface area contributed by atoms with E-state index >= 15 is 0 Å². The minimum absolute atomic E-state index is 0.182. The minimum Gasteiger partial charge on any atom is -0.338 e. The summed E-state index contributed by atoms with van der Waals surface area (Å²) < 4.78 is 0. The molecule has 0 bridgehead atoms. The zero-order valence-electron chi connectivity index (χ0n) is 10.2. The highest BCUT2D eigenvalue weighted by molar-refractivity contribution is 5.82. The molecule has 0 aromatic rings. The Morgan fingerprint density at radius 2 is 1.94 bits per heavy atom. The molecule has 2 aliphatic rings. The molecule has 0 aromatic heterocycles. The molecular formula is C12H23N3O. The van der Waals surface area contributed by atoms with Gasteiger partial charge >= 0.3 is 0 Å². The zero-order valence-corrected chi connectivity index (χ0v) is 10.2. The van der Waals surface area contributed by atoms with Crippen LogP contribution in [0.25, 0.3) is 0 Å². The SMILES string of the molecule is CCN1CCC(N2CCCC(N)C2=O)CC1. The van der Waals surface area contributed by atoms with Crippen LogP contribution in [0.1, 0.15) is 32.6 Å². The average Bonchev–Trinajstić information content (AvgIpc) is 2.33. The predicted molar refractivity (Wildman–Crippen MR) is 64.1 cm³/mol. The fourth-order valence-corrected chi connectivity index (χ4v) is 2.84. The van der Waals surface area contributed by atoms with E-state index in [4.69, 9.17) is 5.73 Å². The second-order valence-corrected chi connectivity index (χ2v) is 4.95. The van der Waals surface area contributed by atoms with Gasteiger partial charge in [-0.2, -0.15) is 0 Å². The van der Waals surface area contributed by atoms with Crippen LogP contribution in [0, 0.1) is 0 Å². The topological polar surface area (TPSA) is 49.6 Å². The Bertz CT molecular complexity index is 249. The van der Waals surface area contributed by atoms with Gasteiger partial charge in [-0.3, -0.25) is 4.79 Å². The lowest BCUT2D eigenvalue weighted by Crippen LogP contribution is -2.55. The molecule has 2 saturated heterocycles. The van der Waals surface area contributed by atoms with Gasteiger partial charge in [0.25, 0.3) is 0 Å². The van der Waals surface area contributed by atoms with Crippen LogP contribution in [0.2, 0.25) is 0 Å². The van der Waals surface area contributed by atoms with Crippen molar-refractivity contribution in [3.63, 3.8) is 0 Å². The van der Waals surface area contributed by atoms with Gasteiger partial charge in [-0.1, -0.05) is 6.92 Å². The molecule has 0 saturated carbocycles. The summed E-state index contributed by atoms with van der Waals surface area (Å²) in [6.07, 6.45) is 4.17. The van der Waals surface area contributed by atoms with Crippen LogP contribution in [-0.4, -0.2) is 54.0 Å². The van der Waals surface area contributed by atoms with Gasteiger partial charge in [-0.05, 0) is 32.2 Å². The summed E-state index contributed by atoms with van der Waals surface area (Å²) in [5.41, 5.74) is 5.83. The van der Waals surface area contributed by atoms with Crippen molar-refractivity contribution in [2.75, 3.05) is 26.2 Å². The Hall–Kier alpha value is -0.610. The van der Waals surface area contributed by atoms with Crippen molar-refractivity contribution >= 4 is 5.91 Å². The number of piperidine rings is 2. The number of hydrogen-bond donors (Lipinski definition) is 1. The Morgan fingerprint density at radius 3 is 2.56 bits per heavy atom. The second-order valence-electron chi connectivity index (χ2n) is 4.95. The van der Waals surface area contributed by atoms with E-state index in [1.54, 1.807) is 0 Å². The number of nitrogens with two attached hydrogens (primary N) is 1. The van der Waals surface area contributed by atoms with Crippen molar-refractivity contribution in [1.82, 2.24) is 9.80 Å². The van der Waals surface area contributed by atoms with Gasteiger partial charge in [-0.15, -0.1) is 0 Å². The second kappa shape index (κ2) is 5.15. The first-order valence-electron chi connectivity index (χ1n) is 6.50. The number of likely N-dealkylation sites (tertiary alicyclic amines) is 2. The van der Waals surface area contributed by atoms with E-state index in [1.165, 1.54) is 0 Å². The zero-order chi connectivity index (χ0) is 11.5. The molecule has 2 fully saturated rings. The van der Waals surface area contributed by atoms with Crippen LogP contribution in [0.15, 0.2) is 0 Å². The van der Waals surface area contributed by atoms with Crippen LogP contribution < -0.4 is 5.73 Å². The van der Waals surface area contributed by atoms with Crippen molar-refractivity contribution in [2.24, 2.45) is 5.73 Å². The molecule has 0 aliphatic carbocycles. The Morgan fingerprint density at radius 1 is 1.25 bits per heavy atom. The molecule has 16 heavy (non-hydrogen) atoms. The molecule has 0 spiro atoms. The lowest BCUT2D eigenvalue weighted by Gasteiger charge is -2.41. The van der Waals surface area contributed by atoms with E-state index in [9.17, 15) is 4.79 Å². The number of carbonyl (C=O) groups excluding carboxylic acids is 1. The van der Waals surface area contributed by atoms with Gasteiger partial charge in [-0.25, -0.2) is 0 Å². The van der Waals surface area contributed by atoms with Crippen LogP contribution in [0.4, 0.5) is 0 Å². The van der Waals surface area contributed by atoms with E-state index < -0.39 is 0 Å². The highest BCUT2D eigenvalue weighted by Crippen LogP contribution is 2.21. The van der Waals surface area contributed by atoms with Crippen LogP contribution in [0.3, 0.4) is 0 Å². The highest BCUT2D eigenvalue weighted by Gasteiger charge is 2.32. The fourth-order valence-electron chi connectivity index (χ4n) is 2.84. The molecule has 0 radical (unpaired) electrons. The summed E-state index contributed by atoms with van der Waals surface area (Å²) in [4.78, 5) is 16.5. The standard InChI is InChI=1S/C12H23N3O/c1-2-14-8-5-10(6-9-14)15-7-3-4-11(13)12(15)16/h10-11H,2-9,13H2,1H3. The van der Waals surface area contributed by atoms with Crippen molar-refractivity contribution < 1.29 is 4.79 Å². The van der Waals surface area contributed by atoms with E-state index in [1.807, 2.05) is 4.90 Å². The number of nitrogens with zero attached hydrogens (tertiary/aromatic N) is 2. The minimum atomic E-state index is -0.238. The maximum absolute atomic E-state index is 12.0. The monoisotopic (exact) mass is 225 g/mol. The lowest BCUT2D eigenvalue weighted by atomic mass is 9.98. The van der Waals surface area contributed by atoms with E-state index in [0.717, 1.165) is 51.9 Å². The van der Waals surface area contributed by atoms with Crippen molar-refractivity contribution in [2.45, 2.75) is 44.7 Å². The molecule has 2 N–H and O–H groups in total. The van der Waals surface area contributed by atoms with Crippen LogP contribution in [0.5, 0.6) is 0 Å². The highest BCUT2D eigenvalue weighted by atomic mass is 16.2. The van der Waals surface area contributed by atoms with Gasteiger partial charge in [0.1, 0.15) is 0 Å². The molecule has 1 unspecified atom stereocenters. The number of carbonyl (C=O) groups is 1. The summed E-state index contributed by atoms with van der Waals surface area (Å²) in [6.45, 7) is 6.49. The Balaban J connectivity index is 1.90. The number of hydrogen-bond acceptors (Lipinski definition) is 3. The normalized spacial score (nSPS) is 29.8. The van der Waals surface area contributed by atoms with Gasteiger partial charge in [0.2, 0.25) is 5.91 Å². The average molecular weight is 225 g/mol. The van der Waals surface area contributed by atoms with Gasteiger partial charge < -0.3 is 15.5 Å². The maximum Gasteiger partial charge on any atom is 0.239 e. The van der Waals surface area contributed by atoms with E-state index in [0.29, 0.717) is 6.04 Å². The Kier molecular flexibility index (Phi) is 3.82. The summed E-state index contributed by atoms with van der Waals surface area (Å²) in [5.74, 6) is 0.182. The molecular weight excluding hydrogens is 202 g/mol. The van der Waals surface area contributed by atoms with Gasteiger partial charge in [0, 0.05) is 25.7 Å². The largest absolute Gasteiger partial charge is 0.338 e. The predicted octanol–water partition coefficient (Wildman–Crippen LogP) is 0.420. The number of amides is 1. The lowest BCUT2D eigenvalue weighted by molar-refractivity contribution is -0.138. The molecule has 1 amide bonds. The summed E-state index contributed by atoms with van der Waals surface area (Å²) in [6, 6.07) is 0.208. The first-order chi connectivity index (χ1) is 7.72. The molecule has 2 aliphatic heterocycles. The van der Waals surface area contributed by atoms with Gasteiger partial charge in [0.15, 0.2) is 0 Å². The molecule has 4 nitrogen and oxygen atoms in total. The Labute approximate surface area is 97.8 Å². The van der Waals surface area contributed by atoms with Crippen molar-refractivity contribution in [3.8, 4) is 0 Å². The smallest absolute Gasteiger partial charge is 0.239 e. The van der Waals surface area contributed by atoms with Crippen LogP contribution >= 0.6 is 0 Å². The van der Waals surface area contributed by atoms with E-state index in [-0.39, 0.29) is 11.9 Å². The quantitative estimate of drug-likeness (QED) is 0.741. The van der Waals surface area contributed by atoms with Crippen LogP contribution in [-0.2, 0) is 4.79 Å².